The molecule has 0 aromatic heterocycles. The first-order valence-electron chi connectivity index (χ1n) is 8.19. The van der Waals surface area contributed by atoms with Crippen LogP contribution in [0.3, 0.4) is 0 Å². The van der Waals surface area contributed by atoms with Crippen molar-refractivity contribution >= 4 is 11.6 Å². The fraction of sp³-hybridized carbons (Fsp3) is 0.611. The predicted molar refractivity (Wildman–Crippen MR) is 88.4 cm³/mol. The average molecular weight is 288 g/mol. The summed E-state index contributed by atoms with van der Waals surface area (Å²) in [6.45, 7) is 8.20. The maximum absolute atomic E-state index is 12.7. The summed E-state index contributed by atoms with van der Waals surface area (Å²) in [4.78, 5) is 12.7. The van der Waals surface area contributed by atoms with Crippen LogP contribution >= 0.6 is 0 Å². The number of rotatable bonds is 6. The lowest BCUT2D eigenvalue weighted by Crippen LogP contribution is -2.42. The Kier molecular flexibility index (Phi) is 5.40. The lowest BCUT2D eigenvalue weighted by molar-refractivity contribution is -0.126. The van der Waals surface area contributed by atoms with Gasteiger partial charge in [-0.2, -0.15) is 0 Å². The van der Waals surface area contributed by atoms with Crippen molar-refractivity contribution in [2.45, 2.75) is 46.5 Å². The summed E-state index contributed by atoms with van der Waals surface area (Å²) in [6, 6.07) is 8.30. The lowest BCUT2D eigenvalue weighted by atomic mass is 9.75. The van der Waals surface area contributed by atoms with Crippen molar-refractivity contribution < 1.29 is 4.79 Å². The van der Waals surface area contributed by atoms with Crippen LogP contribution in [0, 0.1) is 11.3 Å². The summed E-state index contributed by atoms with van der Waals surface area (Å²) in [7, 11) is 0. The summed E-state index contributed by atoms with van der Waals surface area (Å²) < 4.78 is 0. The molecule has 1 aromatic carbocycles. The summed E-state index contributed by atoms with van der Waals surface area (Å²) in [5, 5.41) is 6.44. The van der Waals surface area contributed by atoms with E-state index in [1.54, 1.807) is 0 Å². The number of unbranched alkanes of at least 4 members (excludes halogenated alkanes) is 1. The quantitative estimate of drug-likeness (QED) is 0.839. The maximum Gasteiger partial charge on any atom is 0.232 e. The summed E-state index contributed by atoms with van der Waals surface area (Å²) >= 11 is 0. The van der Waals surface area contributed by atoms with Crippen molar-refractivity contribution in [3.05, 3.63) is 29.8 Å². The van der Waals surface area contributed by atoms with Crippen LogP contribution in [-0.2, 0) is 11.2 Å². The highest BCUT2D eigenvalue weighted by Crippen LogP contribution is 2.35. The molecule has 3 heteroatoms. The molecule has 1 amide bonds. The number of carbonyl (C=O) groups excluding carboxylic acids is 1. The van der Waals surface area contributed by atoms with E-state index >= 15 is 0 Å². The molecular weight excluding hydrogens is 260 g/mol. The van der Waals surface area contributed by atoms with Gasteiger partial charge in [-0.05, 0) is 49.4 Å². The molecule has 1 unspecified atom stereocenters. The Morgan fingerprint density at radius 1 is 1.33 bits per heavy atom. The summed E-state index contributed by atoms with van der Waals surface area (Å²) in [5.41, 5.74) is 1.99. The van der Waals surface area contributed by atoms with Gasteiger partial charge >= 0.3 is 0 Å². The monoisotopic (exact) mass is 288 g/mol. The van der Waals surface area contributed by atoms with Crippen LogP contribution in [0.15, 0.2) is 24.3 Å². The third kappa shape index (κ3) is 3.65. The van der Waals surface area contributed by atoms with Gasteiger partial charge in [0.1, 0.15) is 0 Å². The standard InChI is InChI=1S/C18H28N2O/c1-4-5-6-15-7-9-16(10-8-15)20-17(21)18(14(2)3)11-12-19-13-18/h7-10,14,19H,4-6,11-13H2,1-3H3,(H,20,21). The minimum Gasteiger partial charge on any atom is -0.326 e. The average Bonchev–Trinajstić information content (AvgIpc) is 2.97. The minimum absolute atomic E-state index is 0.156. The van der Waals surface area contributed by atoms with E-state index in [-0.39, 0.29) is 11.3 Å². The van der Waals surface area contributed by atoms with E-state index in [4.69, 9.17) is 0 Å². The Balaban J connectivity index is 2.01. The Bertz CT molecular complexity index is 459. The van der Waals surface area contributed by atoms with Crippen molar-refractivity contribution in [3.63, 3.8) is 0 Å². The Hall–Kier alpha value is -1.35. The third-order valence-electron chi connectivity index (χ3n) is 4.78. The molecule has 1 fully saturated rings. The van der Waals surface area contributed by atoms with Crippen molar-refractivity contribution in [2.75, 3.05) is 18.4 Å². The Labute approximate surface area is 128 Å². The molecule has 1 aromatic rings. The second kappa shape index (κ2) is 7.08. The smallest absolute Gasteiger partial charge is 0.232 e. The molecule has 0 saturated carbocycles. The van der Waals surface area contributed by atoms with Crippen molar-refractivity contribution in [1.82, 2.24) is 5.32 Å². The molecule has 21 heavy (non-hydrogen) atoms. The molecule has 2 N–H and O–H groups in total. The highest BCUT2D eigenvalue weighted by Gasteiger charge is 2.43. The first-order chi connectivity index (χ1) is 10.1. The van der Waals surface area contributed by atoms with Crippen LogP contribution < -0.4 is 10.6 Å². The molecule has 1 aliphatic rings. The molecule has 2 rings (SSSR count). The fourth-order valence-electron chi connectivity index (χ4n) is 3.05. The van der Waals surface area contributed by atoms with E-state index in [1.165, 1.54) is 18.4 Å². The SMILES string of the molecule is CCCCc1ccc(NC(=O)C2(C(C)C)CCNC2)cc1. The number of aryl methyl sites for hydroxylation is 1. The molecule has 0 aliphatic carbocycles. The summed E-state index contributed by atoms with van der Waals surface area (Å²) in [5.74, 6) is 0.500. The van der Waals surface area contributed by atoms with Crippen LogP contribution in [0.2, 0.25) is 0 Å². The molecule has 116 valence electrons. The van der Waals surface area contributed by atoms with Gasteiger partial charge in [-0.25, -0.2) is 0 Å². The highest BCUT2D eigenvalue weighted by molar-refractivity contribution is 5.96. The lowest BCUT2D eigenvalue weighted by Gasteiger charge is -2.31. The predicted octanol–water partition coefficient (Wildman–Crippen LogP) is 3.60. The molecule has 1 saturated heterocycles. The second-order valence-electron chi connectivity index (χ2n) is 6.49. The van der Waals surface area contributed by atoms with Crippen molar-refractivity contribution in [2.24, 2.45) is 11.3 Å². The van der Waals surface area contributed by atoms with Crippen molar-refractivity contribution in [3.8, 4) is 0 Å². The number of anilines is 1. The second-order valence-corrected chi connectivity index (χ2v) is 6.49. The van der Waals surface area contributed by atoms with E-state index in [0.29, 0.717) is 5.92 Å². The van der Waals surface area contributed by atoms with Gasteiger partial charge in [0.05, 0.1) is 5.41 Å². The number of amides is 1. The molecule has 1 atom stereocenters. The molecule has 0 radical (unpaired) electrons. The Morgan fingerprint density at radius 3 is 2.57 bits per heavy atom. The zero-order chi connectivity index (χ0) is 15.3. The number of hydrogen-bond acceptors (Lipinski definition) is 2. The fourth-order valence-corrected chi connectivity index (χ4v) is 3.05. The van der Waals surface area contributed by atoms with Gasteiger partial charge < -0.3 is 10.6 Å². The van der Waals surface area contributed by atoms with Gasteiger partial charge in [-0.15, -0.1) is 0 Å². The van der Waals surface area contributed by atoms with Crippen molar-refractivity contribution in [1.29, 1.82) is 0 Å². The van der Waals surface area contributed by atoms with E-state index in [0.717, 1.165) is 31.6 Å². The number of benzene rings is 1. The normalized spacial score (nSPS) is 21.7. The number of nitrogens with one attached hydrogen (secondary N) is 2. The van der Waals surface area contributed by atoms with Crippen LogP contribution in [-0.4, -0.2) is 19.0 Å². The molecule has 3 nitrogen and oxygen atoms in total. The molecular formula is C18H28N2O. The zero-order valence-corrected chi connectivity index (χ0v) is 13.5. The van der Waals surface area contributed by atoms with Crippen LogP contribution in [0.1, 0.15) is 45.6 Å². The van der Waals surface area contributed by atoms with E-state index in [2.05, 4.69) is 43.5 Å². The van der Waals surface area contributed by atoms with Gasteiger partial charge in [0.15, 0.2) is 0 Å². The highest BCUT2D eigenvalue weighted by atomic mass is 16.2. The maximum atomic E-state index is 12.7. The third-order valence-corrected chi connectivity index (χ3v) is 4.78. The topological polar surface area (TPSA) is 41.1 Å². The van der Waals surface area contributed by atoms with E-state index in [9.17, 15) is 4.79 Å². The van der Waals surface area contributed by atoms with Gasteiger partial charge in [0.2, 0.25) is 5.91 Å². The Morgan fingerprint density at radius 2 is 2.05 bits per heavy atom. The molecule has 0 bridgehead atoms. The summed E-state index contributed by atoms with van der Waals surface area (Å²) in [6.07, 6.45) is 4.46. The molecule has 1 heterocycles. The largest absolute Gasteiger partial charge is 0.326 e. The minimum atomic E-state index is -0.263. The molecule has 1 aliphatic heterocycles. The van der Waals surface area contributed by atoms with Gasteiger partial charge in [0, 0.05) is 12.2 Å². The van der Waals surface area contributed by atoms with Gasteiger partial charge in [-0.1, -0.05) is 39.3 Å². The van der Waals surface area contributed by atoms with Gasteiger partial charge in [-0.3, -0.25) is 4.79 Å². The van der Waals surface area contributed by atoms with E-state index in [1.807, 2.05) is 12.1 Å². The van der Waals surface area contributed by atoms with E-state index < -0.39 is 0 Å². The number of hydrogen-bond donors (Lipinski definition) is 2. The number of carbonyl (C=O) groups is 1. The first kappa shape index (κ1) is 16.0. The van der Waals surface area contributed by atoms with Gasteiger partial charge in [0.25, 0.3) is 0 Å². The van der Waals surface area contributed by atoms with Crippen LogP contribution in [0.4, 0.5) is 5.69 Å². The zero-order valence-electron chi connectivity index (χ0n) is 13.5. The van der Waals surface area contributed by atoms with Crippen LogP contribution in [0.25, 0.3) is 0 Å². The first-order valence-corrected chi connectivity index (χ1v) is 8.19. The molecule has 0 spiro atoms. The van der Waals surface area contributed by atoms with Crippen LogP contribution in [0.5, 0.6) is 0 Å².